The van der Waals surface area contributed by atoms with Gasteiger partial charge in [0.05, 0.1) is 38.1 Å². The van der Waals surface area contributed by atoms with E-state index in [4.69, 9.17) is 28.4 Å². The SMILES string of the molecule is C[C@@H]1O[C@@H](O[C@H]2[C@H](O[C@H]3CC[C@@]4(C)C(CC[C@]5(C)[C@@H]4CC=C4[C@H]6CC(C)(C)CC[C@]6(C(=O)O[C@@H]6O[C@H](CO)[C@@H](O)[C@H](O)[C@H]6O)[C@H](O)C[C@]45C)[C@]3(C)CO)OC[C@H](O)[C@@H]2O)[C@H](O)[C@H](O)[C@H]1O. The molecule has 5 aliphatic carbocycles. The predicted molar refractivity (Wildman–Crippen MR) is 226 cm³/mol. The second-order valence-electron chi connectivity index (χ2n) is 22.9. The van der Waals surface area contributed by atoms with Crippen molar-refractivity contribution in [2.45, 2.75) is 204 Å². The summed E-state index contributed by atoms with van der Waals surface area (Å²) < 4.78 is 35.9. The number of carbonyl (C=O) groups is 1. The maximum Gasteiger partial charge on any atom is 0.317 e. The summed E-state index contributed by atoms with van der Waals surface area (Å²) in [6.45, 7) is 13.5. The third-order valence-corrected chi connectivity index (χ3v) is 19.0. The Kier molecular flexibility index (Phi) is 13.4. The Morgan fingerprint density at radius 3 is 2.08 bits per heavy atom. The Morgan fingerprint density at radius 1 is 0.723 bits per heavy atom. The van der Waals surface area contributed by atoms with Crippen LogP contribution in [0.2, 0.25) is 0 Å². The molecular weight excluding hydrogens is 852 g/mol. The standard InChI is InChI=1S/C47H76O18/c1-21-30(52)33(55)35(57)38(61-21)64-37-31(53)24(50)19-60-40(37)63-29-11-12-43(4)26(44(29,5)20-49)10-13-45(6)27(43)9-8-22-23-16-42(2,3)14-15-47(23,28(51)17-46(22,45)7)41(59)65-39-36(58)34(56)32(54)25(18-48)62-39/h8,21,23-40,48-58H,9-20H2,1-7H3/t21-,23+,24-,25+,26?,27+,28+,29-,30-,31-,32+,33+,34-,35+,36+,37+,38-,39-,40-,43-,44-,45+,46+,47+/m0/s1. The smallest absolute Gasteiger partial charge is 0.317 e. The molecule has 0 aromatic heterocycles. The van der Waals surface area contributed by atoms with Gasteiger partial charge in [0.1, 0.15) is 66.5 Å². The molecule has 8 rings (SSSR count). The number of aliphatic hydroxyl groups is 11. The van der Waals surface area contributed by atoms with E-state index in [0.29, 0.717) is 44.9 Å². The van der Waals surface area contributed by atoms with Gasteiger partial charge in [0.25, 0.3) is 0 Å². The summed E-state index contributed by atoms with van der Waals surface area (Å²) in [7, 11) is 0. The summed E-state index contributed by atoms with van der Waals surface area (Å²) in [5.41, 5.74) is -2.58. The monoisotopic (exact) mass is 929 g/mol. The first kappa shape index (κ1) is 50.0. The predicted octanol–water partition coefficient (Wildman–Crippen LogP) is -0.250. The highest BCUT2D eigenvalue weighted by Crippen LogP contribution is 2.76. The molecule has 3 heterocycles. The molecule has 24 atom stereocenters. The van der Waals surface area contributed by atoms with E-state index in [2.05, 4.69) is 40.7 Å². The van der Waals surface area contributed by atoms with Crippen LogP contribution in [-0.4, -0.2) is 180 Å². The van der Waals surface area contributed by atoms with Crippen LogP contribution in [-0.2, 0) is 33.2 Å². The molecule has 18 nitrogen and oxygen atoms in total. The van der Waals surface area contributed by atoms with Gasteiger partial charge in [-0.15, -0.1) is 0 Å². The minimum Gasteiger partial charge on any atom is -0.432 e. The molecule has 4 saturated carbocycles. The number of rotatable bonds is 8. The Labute approximate surface area is 380 Å². The summed E-state index contributed by atoms with van der Waals surface area (Å²) >= 11 is 0. The molecule has 0 bridgehead atoms. The second kappa shape index (κ2) is 17.5. The Hall–Kier alpha value is -1.43. The average Bonchev–Trinajstić information content (AvgIpc) is 3.25. The Morgan fingerprint density at radius 2 is 1.40 bits per heavy atom. The van der Waals surface area contributed by atoms with E-state index in [1.165, 1.54) is 6.92 Å². The fourth-order valence-corrected chi connectivity index (χ4v) is 14.8. The summed E-state index contributed by atoms with van der Waals surface area (Å²) in [5, 5.41) is 119. The van der Waals surface area contributed by atoms with Crippen LogP contribution in [0.15, 0.2) is 11.6 Å². The number of hydrogen-bond acceptors (Lipinski definition) is 18. The minimum atomic E-state index is -1.78. The number of ether oxygens (including phenoxy) is 6. The molecule has 372 valence electrons. The van der Waals surface area contributed by atoms with Gasteiger partial charge in [-0.3, -0.25) is 4.79 Å². The van der Waals surface area contributed by atoms with Gasteiger partial charge in [-0.2, -0.15) is 0 Å². The van der Waals surface area contributed by atoms with Gasteiger partial charge in [-0.05, 0) is 104 Å². The molecule has 7 fully saturated rings. The highest BCUT2D eigenvalue weighted by Gasteiger charge is 2.72. The van der Waals surface area contributed by atoms with Crippen molar-refractivity contribution in [2.75, 3.05) is 19.8 Å². The lowest BCUT2D eigenvalue weighted by Gasteiger charge is -2.72. The van der Waals surface area contributed by atoms with E-state index < -0.39 is 133 Å². The van der Waals surface area contributed by atoms with Crippen LogP contribution in [0.3, 0.4) is 0 Å². The molecule has 8 aliphatic rings. The third kappa shape index (κ3) is 7.62. The van der Waals surface area contributed by atoms with Crippen LogP contribution in [0.4, 0.5) is 0 Å². The van der Waals surface area contributed by atoms with Crippen LogP contribution >= 0.6 is 0 Å². The fourth-order valence-electron chi connectivity index (χ4n) is 14.8. The van der Waals surface area contributed by atoms with Crippen molar-refractivity contribution in [1.29, 1.82) is 0 Å². The number of allylic oxidation sites excluding steroid dienone is 2. The Bertz CT molecular complexity index is 1780. The van der Waals surface area contributed by atoms with E-state index >= 15 is 0 Å². The zero-order valence-corrected chi connectivity index (χ0v) is 38.8. The Balaban J connectivity index is 1.06. The summed E-state index contributed by atoms with van der Waals surface area (Å²) in [6, 6.07) is 0. The van der Waals surface area contributed by atoms with Crippen molar-refractivity contribution in [1.82, 2.24) is 0 Å². The average molecular weight is 929 g/mol. The van der Waals surface area contributed by atoms with Gasteiger partial charge in [0, 0.05) is 5.41 Å². The molecule has 0 aromatic carbocycles. The van der Waals surface area contributed by atoms with Crippen LogP contribution < -0.4 is 0 Å². The van der Waals surface area contributed by atoms with Crippen LogP contribution in [0.25, 0.3) is 0 Å². The van der Waals surface area contributed by atoms with E-state index in [9.17, 15) is 61.0 Å². The van der Waals surface area contributed by atoms with Crippen molar-refractivity contribution in [3.05, 3.63) is 11.6 Å². The maximum atomic E-state index is 14.7. The van der Waals surface area contributed by atoms with Gasteiger partial charge in [-0.1, -0.05) is 53.2 Å². The van der Waals surface area contributed by atoms with Crippen molar-refractivity contribution in [3.8, 4) is 0 Å². The van der Waals surface area contributed by atoms with Crippen molar-refractivity contribution >= 4 is 5.97 Å². The fraction of sp³-hybridized carbons (Fsp3) is 0.936. The zero-order valence-electron chi connectivity index (χ0n) is 38.8. The van der Waals surface area contributed by atoms with Gasteiger partial charge in [0.2, 0.25) is 6.29 Å². The largest absolute Gasteiger partial charge is 0.432 e. The van der Waals surface area contributed by atoms with E-state index in [-0.39, 0.29) is 47.7 Å². The van der Waals surface area contributed by atoms with Crippen molar-refractivity contribution < 1.29 is 89.4 Å². The molecule has 11 N–H and O–H groups in total. The van der Waals surface area contributed by atoms with Crippen LogP contribution in [0, 0.1) is 50.2 Å². The number of esters is 1. The molecule has 3 aliphatic heterocycles. The van der Waals surface area contributed by atoms with E-state index in [1.807, 2.05) is 6.92 Å². The first-order valence-corrected chi connectivity index (χ1v) is 23.8. The lowest BCUT2D eigenvalue weighted by Crippen LogP contribution is -2.69. The summed E-state index contributed by atoms with van der Waals surface area (Å²) in [4.78, 5) is 14.7. The summed E-state index contributed by atoms with van der Waals surface area (Å²) in [6.07, 6.45) is -15.0. The normalized spacial score (nSPS) is 55.4. The highest BCUT2D eigenvalue weighted by atomic mass is 16.8. The molecule has 65 heavy (non-hydrogen) atoms. The number of hydrogen-bond donors (Lipinski definition) is 11. The quantitative estimate of drug-likeness (QED) is 0.0850. The maximum absolute atomic E-state index is 14.7. The van der Waals surface area contributed by atoms with Gasteiger partial charge < -0.3 is 84.6 Å². The number of carbonyl (C=O) groups excluding carboxylic acids is 1. The van der Waals surface area contributed by atoms with Gasteiger partial charge in [0.15, 0.2) is 12.6 Å². The molecular formula is C47H76O18. The first-order chi connectivity index (χ1) is 30.3. The molecule has 3 saturated heterocycles. The molecule has 0 amide bonds. The molecule has 0 spiro atoms. The van der Waals surface area contributed by atoms with Gasteiger partial charge in [-0.25, -0.2) is 0 Å². The topological polar surface area (TPSA) is 295 Å². The van der Waals surface area contributed by atoms with E-state index in [0.717, 1.165) is 12.0 Å². The summed E-state index contributed by atoms with van der Waals surface area (Å²) in [5.74, 6) is -1.16. The minimum absolute atomic E-state index is 0.0652. The third-order valence-electron chi connectivity index (χ3n) is 19.0. The second-order valence-corrected chi connectivity index (χ2v) is 22.9. The zero-order chi connectivity index (χ0) is 47.6. The van der Waals surface area contributed by atoms with Crippen molar-refractivity contribution in [2.24, 2.45) is 50.2 Å². The van der Waals surface area contributed by atoms with Crippen LogP contribution in [0.5, 0.6) is 0 Å². The van der Waals surface area contributed by atoms with Gasteiger partial charge >= 0.3 is 5.97 Å². The lowest BCUT2D eigenvalue weighted by atomic mass is 9.33. The molecule has 18 heteroatoms. The van der Waals surface area contributed by atoms with Crippen LogP contribution in [0.1, 0.15) is 106 Å². The highest BCUT2D eigenvalue weighted by molar-refractivity contribution is 5.80. The first-order valence-electron chi connectivity index (χ1n) is 23.8. The lowest BCUT2D eigenvalue weighted by molar-refractivity contribution is -0.365. The van der Waals surface area contributed by atoms with Crippen molar-refractivity contribution in [3.63, 3.8) is 0 Å². The number of aliphatic hydroxyl groups excluding tert-OH is 11. The number of fused-ring (bicyclic) bond motifs is 7. The molecule has 0 radical (unpaired) electrons. The van der Waals surface area contributed by atoms with E-state index in [1.54, 1.807) is 0 Å². The molecule has 1 unspecified atom stereocenters. The molecule has 0 aromatic rings.